The Hall–Kier alpha value is -1.80. The van der Waals surface area contributed by atoms with Crippen molar-refractivity contribution in [2.24, 2.45) is 5.92 Å². The predicted molar refractivity (Wildman–Crippen MR) is 99.9 cm³/mol. The molecular formula is C18H28N2O5S. The number of hydrogen-bond donors (Lipinski definition) is 1. The Morgan fingerprint density at radius 3 is 2.58 bits per heavy atom. The second kappa shape index (κ2) is 9.23. The van der Waals surface area contributed by atoms with Crippen molar-refractivity contribution in [1.82, 2.24) is 9.62 Å². The van der Waals surface area contributed by atoms with E-state index >= 15 is 0 Å². The normalized spacial score (nSPS) is 19.6. The second-order valence-electron chi connectivity index (χ2n) is 6.49. The van der Waals surface area contributed by atoms with E-state index in [9.17, 15) is 13.2 Å². The topological polar surface area (TPSA) is 84.9 Å². The molecule has 1 aromatic rings. The summed E-state index contributed by atoms with van der Waals surface area (Å²) in [5.41, 5.74) is 0. The molecule has 0 aromatic heterocycles. The van der Waals surface area contributed by atoms with E-state index in [1.807, 2.05) is 31.2 Å². The van der Waals surface area contributed by atoms with Crippen LogP contribution in [0.2, 0.25) is 0 Å². The molecule has 0 unspecified atom stereocenters. The molecule has 1 N–H and O–H groups in total. The van der Waals surface area contributed by atoms with E-state index in [1.54, 1.807) is 14.0 Å². The fraction of sp³-hybridized carbons (Fsp3) is 0.611. The lowest BCUT2D eigenvalue weighted by atomic mass is 9.98. The molecule has 1 amide bonds. The first kappa shape index (κ1) is 20.5. The lowest BCUT2D eigenvalue weighted by molar-refractivity contribution is -0.126. The minimum Gasteiger partial charge on any atom is -0.497 e. The smallest absolute Gasteiger partial charge is 0.224 e. The van der Waals surface area contributed by atoms with Gasteiger partial charge in [0, 0.05) is 13.1 Å². The van der Waals surface area contributed by atoms with E-state index in [1.165, 1.54) is 4.31 Å². The maximum Gasteiger partial charge on any atom is 0.224 e. The molecule has 1 aliphatic rings. The third kappa shape index (κ3) is 5.60. The number of piperidine rings is 1. The van der Waals surface area contributed by atoms with Crippen molar-refractivity contribution in [1.29, 1.82) is 0 Å². The van der Waals surface area contributed by atoms with Crippen molar-refractivity contribution in [3.05, 3.63) is 24.3 Å². The first-order valence-electron chi connectivity index (χ1n) is 8.90. The average molecular weight is 384 g/mol. The summed E-state index contributed by atoms with van der Waals surface area (Å²) in [6.45, 7) is 4.58. The van der Waals surface area contributed by atoms with Crippen molar-refractivity contribution in [3.63, 3.8) is 0 Å². The molecule has 0 aliphatic carbocycles. The van der Waals surface area contributed by atoms with Crippen LogP contribution in [0.3, 0.4) is 0 Å². The molecule has 146 valence electrons. The highest BCUT2D eigenvalue weighted by atomic mass is 32.2. The van der Waals surface area contributed by atoms with Crippen LogP contribution in [0.25, 0.3) is 0 Å². The molecule has 1 aromatic carbocycles. The quantitative estimate of drug-likeness (QED) is 0.736. The number of nitrogens with one attached hydrogen (secondary N) is 1. The third-order valence-corrected chi connectivity index (χ3v) is 6.31. The maximum absolute atomic E-state index is 12.5. The number of methoxy groups -OCH3 is 1. The van der Waals surface area contributed by atoms with Gasteiger partial charge in [0.2, 0.25) is 15.9 Å². The molecule has 0 spiro atoms. The summed E-state index contributed by atoms with van der Waals surface area (Å²) in [5.74, 6) is 1.08. The largest absolute Gasteiger partial charge is 0.497 e. The fourth-order valence-electron chi connectivity index (χ4n) is 2.89. The third-order valence-electron chi connectivity index (χ3n) is 4.46. The van der Waals surface area contributed by atoms with Gasteiger partial charge in [-0.05, 0) is 51.0 Å². The van der Waals surface area contributed by atoms with Gasteiger partial charge in [0.05, 0.1) is 24.8 Å². The molecule has 2 atom stereocenters. The molecular weight excluding hydrogens is 356 g/mol. The zero-order valence-corrected chi connectivity index (χ0v) is 16.4. The van der Waals surface area contributed by atoms with Crippen LogP contribution in [0.1, 0.15) is 26.7 Å². The minimum atomic E-state index is -3.25. The van der Waals surface area contributed by atoms with Crippen molar-refractivity contribution >= 4 is 15.9 Å². The highest BCUT2D eigenvalue weighted by Crippen LogP contribution is 2.20. The van der Waals surface area contributed by atoms with Gasteiger partial charge >= 0.3 is 0 Å². The second-order valence-corrected chi connectivity index (χ2v) is 8.75. The summed E-state index contributed by atoms with van der Waals surface area (Å²) in [6.07, 6.45) is 1.40. The Balaban J connectivity index is 1.82. The van der Waals surface area contributed by atoms with Crippen LogP contribution in [0.4, 0.5) is 0 Å². The Morgan fingerprint density at radius 2 is 1.96 bits per heavy atom. The summed E-state index contributed by atoms with van der Waals surface area (Å²) in [5, 5.41) is 2.92. The van der Waals surface area contributed by atoms with Crippen LogP contribution in [0, 0.1) is 5.92 Å². The van der Waals surface area contributed by atoms with Gasteiger partial charge in [0.15, 0.2) is 0 Å². The zero-order valence-electron chi connectivity index (χ0n) is 15.6. The van der Waals surface area contributed by atoms with E-state index < -0.39 is 10.0 Å². The Labute approximate surface area is 155 Å². The average Bonchev–Trinajstić information content (AvgIpc) is 2.66. The number of carbonyl (C=O) groups excluding carboxylic acids is 1. The number of rotatable bonds is 8. The highest BCUT2D eigenvalue weighted by Gasteiger charge is 2.31. The molecule has 0 saturated carbocycles. The van der Waals surface area contributed by atoms with Gasteiger partial charge in [-0.2, -0.15) is 0 Å². The van der Waals surface area contributed by atoms with Crippen LogP contribution in [-0.2, 0) is 14.8 Å². The van der Waals surface area contributed by atoms with Crippen molar-refractivity contribution < 1.29 is 22.7 Å². The van der Waals surface area contributed by atoms with E-state index in [-0.39, 0.29) is 30.2 Å². The van der Waals surface area contributed by atoms with Crippen molar-refractivity contribution in [2.45, 2.75) is 32.7 Å². The summed E-state index contributed by atoms with van der Waals surface area (Å²) in [7, 11) is -1.65. The molecule has 1 saturated heterocycles. The minimum absolute atomic E-state index is 0.0629. The van der Waals surface area contributed by atoms with E-state index in [0.29, 0.717) is 31.7 Å². The molecule has 1 aliphatic heterocycles. The van der Waals surface area contributed by atoms with Crippen LogP contribution >= 0.6 is 0 Å². The summed E-state index contributed by atoms with van der Waals surface area (Å²) >= 11 is 0. The fourth-order valence-corrected chi connectivity index (χ4v) is 4.07. The number of benzene rings is 1. The lowest BCUT2D eigenvalue weighted by Gasteiger charge is -2.31. The number of carbonyl (C=O) groups is 1. The SMILES string of the molecule is CCS(=O)(=O)N1CCC[C@@H](C(=O)N[C@@H](C)COc2ccc(OC)cc2)C1. The van der Waals surface area contributed by atoms with Crippen LogP contribution < -0.4 is 14.8 Å². The van der Waals surface area contributed by atoms with E-state index in [2.05, 4.69) is 5.32 Å². The number of ether oxygens (including phenoxy) is 2. The van der Waals surface area contributed by atoms with Crippen LogP contribution in [0.5, 0.6) is 11.5 Å². The summed E-state index contributed by atoms with van der Waals surface area (Å²) in [6, 6.07) is 7.05. The standard InChI is InChI=1S/C18H28N2O5S/c1-4-26(22,23)20-11-5-6-15(12-20)18(21)19-14(2)13-25-17-9-7-16(24-3)8-10-17/h7-10,14-15H,4-6,11-13H2,1-3H3,(H,19,21)/t14-,15+/m0/s1. The Kier molecular flexibility index (Phi) is 7.28. The predicted octanol–water partition coefficient (Wildman–Crippen LogP) is 1.64. The van der Waals surface area contributed by atoms with Gasteiger partial charge in [-0.1, -0.05) is 0 Å². The van der Waals surface area contributed by atoms with Gasteiger partial charge < -0.3 is 14.8 Å². The molecule has 7 nitrogen and oxygen atoms in total. The van der Waals surface area contributed by atoms with Crippen LogP contribution in [-0.4, -0.2) is 57.2 Å². The zero-order chi connectivity index (χ0) is 19.2. The Bertz CT molecular complexity index is 690. The molecule has 0 bridgehead atoms. The van der Waals surface area contributed by atoms with Gasteiger partial charge in [-0.25, -0.2) is 12.7 Å². The first-order chi connectivity index (χ1) is 12.4. The van der Waals surface area contributed by atoms with Gasteiger partial charge in [-0.3, -0.25) is 4.79 Å². The van der Waals surface area contributed by atoms with E-state index in [4.69, 9.17) is 9.47 Å². The Morgan fingerprint density at radius 1 is 1.31 bits per heavy atom. The number of amides is 1. The van der Waals surface area contributed by atoms with Gasteiger partial charge in [-0.15, -0.1) is 0 Å². The van der Waals surface area contributed by atoms with Gasteiger partial charge in [0.25, 0.3) is 0 Å². The first-order valence-corrected chi connectivity index (χ1v) is 10.5. The number of nitrogens with zero attached hydrogens (tertiary/aromatic N) is 1. The highest BCUT2D eigenvalue weighted by molar-refractivity contribution is 7.89. The van der Waals surface area contributed by atoms with E-state index in [0.717, 1.165) is 5.75 Å². The molecule has 1 fully saturated rings. The summed E-state index contributed by atoms with van der Waals surface area (Å²) in [4.78, 5) is 12.5. The monoisotopic (exact) mass is 384 g/mol. The maximum atomic E-state index is 12.5. The van der Waals surface area contributed by atoms with Crippen molar-refractivity contribution in [3.8, 4) is 11.5 Å². The van der Waals surface area contributed by atoms with Crippen LogP contribution in [0.15, 0.2) is 24.3 Å². The van der Waals surface area contributed by atoms with Gasteiger partial charge in [0.1, 0.15) is 18.1 Å². The lowest BCUT2D eigenvalue weighted by Crippen LogP contribution is -2.48. The molecule has 8 heteroatoms. The summed E-state index contributed by atoms with van der Waals surface area (Å²) < 4.78 is 36.2. The number of sulfonamides is 1. The molecule has 1 heterocycles. The molecule has 26 heavy (non-hydrogen) atoms. The molecule has 2 rings (SSSR count). The molecule has 0 radical (unpaired) electrons. The number of hydrogen-bond acceptors (Lipinski definition) is 5. The van der Waals surface area contributed by atoms with Crippen molar-refractivity contribution in [2.75, 3.05) is 32.6 Å².